The molecule has 0 heterocycles. The Balaban J connectivity index is 1.49. The minimum Gasteiger partial charge on any atom is -0.466 e. The minimum absolute atomic E-state index is 0.0181. The fourth-order valence-electron chi connectivity index (χ4n) is 8.36. The maximum Gasteiger partial charge on any atom is 0.330 e. The van der Waals surface area contributed by atoms with Crippen LogP contribution in [-0.2, 0) is 23.9 Å². The number of esters is 2. The molecule has 0 aromatic heterocycles. The van der Waals surface area contributed by atoms with Crippen molar-refractivity contribution in [1.29, 1.82) is 0 Å². The molecule has 5 heteroatoms. The smallest absolute Gasteiger partial charge is 0.330 e. The van der Waals surface area contributed by atoms with E-state index in [1.54, 1.807) is 0 Å². The van der Waals surface area contributed by atoms with Crippen molar-refractivity contribution >= 4 is 17.7 Å². The molecule has 4 saturated carbocycles. The van der Waals surface area contributed by atoms with E-state index in [2.05, 4.69) is 18.6 Å². The van der Waals surface area contributed by atoms with Gasteiger partial charge in [0.05, 0.1) is 7.11 Å². The number of ketones is 1. The molecule has 8 atom stereocenters. The van der Waals surface area contributed by atoms with Gasteiger partial charge in [0.1, 0.15) is 6.10 Å². The van der Waals surface area contributed by atoms with Crippen molar-refractivity contribution in [1.82, 2.24) is 0 Å². The fourth-order valence-corrected chi connectivity index (χ4v) is 8.36. The van der Waals surface area contributed by atoms with Crippen LogP contribution in [0.5, 0.6) is 0 Å². The van der Waals surface area contributed by atoms with Gasteiger partial charge in [0.2, 0.25) is 0 Å². The summed E-state index contributed by atoms with van der Waals surface area (Å²) in [6.45, 7) is 6.35. The number of methoxy groups -OCH3 is 1. The van der Waals surface area contributed by atoms with Gasteiger partial charge in [-0.2, -0.15) is 0 Å². The van der Waals surface area contributed by atoms with Crippen LogP contribution < -0.4 is 0 Å². The van der Waals surface area contributed by atoms with Gasteiger partial charge in [0, 0.05) is 18.9 Å². The predicted molar refractivity (Wildman–Crippen MR) is 117 cm³/mol. The molecule has 4 aliphatic rings. The summed E-state index contributed by atoms with van der Waals surface area (Å²) in [5.74, 6) is 2.12. The van der Waals surface area contributed by atoms with Crippen LogP contribution in [0.15, 0.2) is 12.2 Å². The lowest BCUT2D eigenvalue weighted by Crippen LogP contribution is -2.54. The van der Waals surface area contributed by atoms with E-state index in [4.69, 9.17) is 4.74 Å². The molecule has 172 valence electrons. The number of hydrogen-bond donors (Lipinski definition) is 0. The van der Waals surface area contributed by atoms with Gasteiger partial charge in [0.25, 0.3) is 0 Å². The van der Waals surface area contributed by atoms with E-state index in [0.29, 0.717) is 29.1 Å². The summed E-state index contributed by atoms with van der Waals surface area (Å²) in [6.07, 6.45) is 12.7. The zero-order chi connectivity index (χ0) is 22.4. The molecule has 4 aliphatic carbocycles. The second-order valence-electron chi connectivity index (χ2n) is 11.1. The number of rotatable bonds is 4. The zero-order valence-corrected chi connectivity index (χ0v) is 19.5. The van der Waals surface area contributed by atoms with Gasteiger partial charge in [-0.15, -0.1) is 0 Å². The van der Waals surface area contributed by atoms with Gasteiger partial charge in [0.15, 0.2) is 5.78 Å². The summed E-state index contributed by atoms with van der Waals surface area (Å²) in [7, 11) is 1.34. The van der Waals surface area contributed by atoms with E-state index in [0.717, 1.165) is 38.5 Å². The van der Waals surface area contributed by atoms with Gasteiger partial charge in [-0.25, -0.2) is 4.79 Å². The Labute approximate surface area is 186 Å². The molecule has 0 saturated heterocycles. The Kier molecular flexibility index (Phi) is 6.08. The van der Waals surface area contributed by atoms with Gasteiger partial charge >= 0.3 is 11.9 Å². The molecule has 0 aromatic carbocycles. The summed E-state index contributed by atoms with van der Waals surface area (Å²) >= 11 is 0. The Morgan fingerprint density at radius 2 is 1.58 bits per heavy atom. The second kappa shape index (κ2) is 8.37. The van der Waals surface area contributed by atoms with Crippen LogP contribution in [0.25, 0.3) is 0 Å². The number of fused-ring (bicyclic) bond motifs is 5. The third-order valence-electron chi connectivity index (χ3n) is 9.88. The van der Waals surface area contributed by atoms with Gasteiger partial charge in [-0.3, -0.25) is 9.59 Å². The van der Waals surface area contributed by atoms with Gasteiger partial charge in [-0.05, 0) is 98.4 Å². The average Bonchev–Trinajstić information content (AvgIpc) is 3.09. The van der Waals surface area contributed by atoms with Crippen LogP contribution >= 0.6 is 0 Å². The topological polar surface area (TPSA) is 69.7 Å². The molecular formula is C26H38O5. The summed E-state index contributed by atoms with van der Waals surface area (Å²) in [5.41, 5.74) is 0.366. The summed E-state index contributed by atoms with van der Waals surface area (Å²) < 4.78 is 10.2. The third-order valence-corrected chi connectivity index (χ3v) is 9.88. The zero-order valence-electron chi connectivity index (χ0n) is 19.5. The van der Waals surface area contributed by atoms with E-state index in [9.17, 15) is 14.4 Å². The molecule has 0 aromatic rings. The molecule has 0 radical (unpaired) electrons. The highest BCUT2D eigenvalue weighted by atomic mass is 16.5. The van der Waals surface area contributed by atoms with E-state index in [-0.39, 0.29) is 29.2 Å². The largest absolute Gasteiger partial charge is 0.466 e. The van der Waals surface area contributed by atoms with Gasteiger partial charge in [-0.1, -0.05) is 13.8 Å². The first-order chi connectivity index (χ1) is 14.7. The summed E-state index contributed by atoms with van der Waals surface area (Å²) in [5, 5.41) is 0. The number of carbonyl (C=O) groups is 3. The lowest BCUT2D eigenvalue weighted by Gasteiger charge is -2.61. The maximum absolute atomic E-state index is 13.0. The monoisotopic (exact) mass is 430 g/mol. The van der Waals surface area contributed by atoms with Crippen molar-refractivity contribution in [3.05, 3.63) is 12.2 Å². The predicted octanol–water partition coefficient (Wildman–Crippen LogP) is 4.88. The van der Waals surface area contributed by atoms with E-state index >= 15 is 0 Å². The molecule has 31 heavy (non-hydrogen) atoms. The molecular weight excluding hydrogens is 392 g/mol. The van der Waals surface area contributed by atoms with Gasteiger partial charge < -0.3 is 9.47 Å². The second-order valence-corrected chi connectivity index (χ2v) is 11.1. The van der Waals surface area contributed by atoms with Crippen LogP contribution in [0.4, 0.5) is 0 Å². The van der Waals surface area contributed by atoms with Crippen molar-refractivity contribution in [2.24, 2.45) is 40.4 Å². The van der Waals surface area contributed by atoms with Crippen molar-refractivity contribution in [3.8, 4) is 0 Å². The van der Waals surface area contributed by atoms with Crippen molar-refractivity contribution in [2.45, 2.75) is 84.7 Å². The minimum atomic E-state index is -0.465. The Bertz CT molecular complexity index is 772. The number of allylic oxidation sites excluding steroid dienone is 1. The van der Waals surface area contributed by atoms with Crippen molar-refractivity contribution in [3.63, 3.8) is 0 Å². The molecule has 4 fully saturated rings. The van der Waals surface area contributed by atoms with E-state index in [1.807, 2.05) is 0 Å². The molecule has 0 unspecified atom stereocenters. The van der Waals surface area contributed by atoms with Crippen molar-refractivity contribution in [2.75, 3.05) is 7.11 Å². The highest BCUT2D eigenvalue weighted by molar-refractivity contribution is 5.97. The molecule has 0 aliphatic heterocycles. The first-order valence-corrected chi connectivity index (χ1v) is 12.2. The molecule has 0 spiro atoms. The van der Waals surface area contributed by atoms with Crippen LogP contribution in [-0.4, -0.2) is 30.9 Å². The van der Waals surface area contributed by atoms with Crippen molar-refractivity contribution < 1.29 is 23.9 Å². The molecule has 4 rings (SSSR count). The quantitative estimate of drug-likeness (QED) is 0.470. The molecule has 0 N–H and O–H groups in total. The number of carbonyl (C=O) groups excluding carboxylic acids is 3. The number of hydrogen-bond acceptors (Lipinski definition) is 5. The lowest BCUT2D eigenvalue weighted by molar-refractivity contribution is -0.160. The average molecular weight is 431 g/mol. The summed E-state index contributed by atoms with van der Waals surface area (Å²) in [6, 6.07) is 0. The molecule has 5 nitrogen and oxygen atoms in total. The normalized spacial score (nSPS) is 44.1. The van der Waals surface area contributed by atoms with Crippen LogP contribution in [0.1, 0.15) is 78.6 Å². The first-order valence-electron chi connectivity index (χ1n) is 12.2. The fraction of sp³-hybridized carbons (Fsp3) is 0.808. The van der Waals surface area contributed by atoms with E-state index in [1.165, 1.54) is 45.4 Å². The molecule has 0 bridgehead atoms. The van der Waals surface area contributed by atoms with Crippen LogP contribution in [0, 0.1) is 40.4 Å². The van der Waals surface area contributed by atoms with E-state index < -0.39 is 5.97 Å². The Morgan fingerprint density at radius 3 is 2.29 bits per heavy atom. The summed E-state index contributed by atoms with van der Waals surface area (Å²) in [4.78, 5) is 35.9. The highest BCUT2D eigenvalue weighted by Crippen LogP contribution is 2.67. The first kappa shape index (κ1) is 22.5. The highest BCUT2D eigenvalue weighted by Gasteiger charge is 2.61. The third kappa shape index (κ3) is 3.87. The SMILES string of the molecule is COC(=O)/C=C/C(=O)[C@H]1CC[C@H]2[C@@H]3CC[C@@H]4C[C@H](OC(C)=O)CC[C@]4(C)[C@H]3CC[C@]12C. The van der Waals surface area contributed by atoms with Crippen LogP contribution in [0.3, 0.4) is 0 Å². The molecule has 0 amide bonds. The maximum atomic E-state index is 13.0. The Morgan fingerprint density at radius 1 is 0.871 bits per heavy atom. The Hall–Kier alpha value is -1.65. The van der Waals surface area contributed by atoms with Crippen LogP contribution in [0.2, 0.25) is 0 Å². The number of ether oxygens (including phenoxy) is 2. The lowest BCUT2D eigenvalue weighted by atomic mass is 9.44. The standard InChI is InChI=1S/C26H38O5/c1-16(27)31-18-11-13-25(2)17(15-18)5-6-19-20-7-8-22(23(28)9-10-24(29)30-4)26(20,3)14-12-21(19)25/h9-10,17-22H,5-8,11-15H2,1-4H3/b10-9+/t17-,18-,19+,20+,21+,22-,25+,26+/m1/s1.